The minimum atomic E-state index is 0.0244. The first-order valence-corrected chi connectivity index (χ1v) is 12.1. The second-order valence-corrected chi connectivity index (χ2v) is 7.91. The summed E-state index contributed by atoms with van der Waals surface area (Å²) in [6, 6.07) is 0.597. The van der Waals surface area contributed by atoms with Gasteiger partial charge >= 0.3 is 0 Å². The number of nitrogens with zero attached hydrogens (tertiary/aromatic N) is 4. The number of hydrogen-bond acceptors (Lipinski definition) is 5. The van der Waals surface area contributed by atoms with Crippen LogP contribution in [0.3, 0.4) is 0 Å². The van der Waals surface area contributed by atoms with Gasteiger partial charge in [0.1, 0.15) is 18.5 Å². The minimum Gasteiger partial charge on any atom is -0.368 e. The third-order valence-corrected chi connectivity index (χ3v) is 5.71. The molecular weight excluding hydrogens is 406 g/mol. The molecule has 0 aromatic carbocycles. The number of thioether (sulfide) groups is 1. The lowest BCUT2D eigenvalue weighted by Crippen LogP contribution is -2.33. The number of aromatic nitrogens is 2. The van der Waals surface area contributed by atoms with E-state index < -0.39 is 0 Å². The van der Waals surface area contributed by atoms with Crippen LogP contribution in [-0.4, -0.2) is 34.4 Å². The highest BCUT2D eigenvalue weighted by atomic mass is 32.2. The summed E-state index contributed by atoms with van der Waals surface area (Å²) in [5, 5.41) is 3.21. The van der Waals surface area contributed by atoms with Crippen molar-refractivity contribution in [2.45, 2.75) is 77.7 Å². The molecule has 0 atom stereocenters. The zero-order valence-corrected chi connectivity index (χ0v) is 20.6. The van der Waals surface area contributed by atoms with Gasteiger partial charge in [-0.2, -0.15) is 0 Å². The fraction of sp³-hybridized carbons (Fsp3) is 0.500. The van der Waals surface area contributed by atoms with E-state index in [2.05, 4.69) is 39.9 Å². The first-order valence-electron chi connectivity index (χ1n) is 10.9. The van der Waals surface area contributed by atoms with Gasteiger partial charge in [0, 0.05) is 18.0 Å². The van der Waals surface area contributed by atoms with Crippen molar-refractivity contribution < 1.29 is 0 Å². The quantitative estimate of drug-likeness (QED) is 0.238. The molecule has 2 rings (SSSR count). The van der Waals surface area contributed by atoms with Crippen molar-refractivity contribution in [3.8, 4) is 0 Å². The summed E-state index contributed by atoms with van der Waals surface area (Å²) < 4.78 is 1.65. The summed E-state index contributed by atoms with van der Waals surface area (Å²) in [7, 11) is 0. The fourth-order valence-electron chi connectivity index (χ4n) is 3.06. The number of aryl methyl sites for hydroxylation is 1. The van der Waals surface area contributed by atoms with E-state index in [1.165, 1.54) is 37.4 Å². The predicted octanol–water partition coefficient (Wildman–Crippen LogP) is 5.46. The van der Waals surface area contributed by atoms with Crippen LogP contribution in [0.4, 0.5) is 0 Å². The topological polar surface area (TPSA) is 71.6 Å². The van der Waals surface area contributed by atoms with Crippen LogP contribution in [0.2, 0.25) is 0 Å². The van der Waals surface area contributed by atoms with Gasteiger partial charge in [0.25, 0.3) is 5.56 Å². The predicted molar refractivity (Wildman–Crippen MR) is 136 cm³/mol. The lowest BCUT2D eigenvalue weighted by Gasteiger charge is -2.26. The summed E-state index contributed by atoms with van der Waals surface area (Å²) in [5.41, 5.74) is 2.92. The third kappa shape index (κ3) is 8.32. The van der Waals surface area contributed by atoms with Crippen LogP contribution in [-0.2, 0) is 6.42 Å². The first kappa shape index (κ1) is 26.6. The van der Waals surface area contributed by atoms with Crippen molar-refractivity contribution in [3.05, 3.63) is 52.5 Å². The summed E-state index contributed by atoms with van der Waals surface area (Å²) >= 11 is 1.47. The normalized spacial score (nSPS) is 15.0. The van der Waals surface area contributed by atoms with Crippen molar-refractivity contribution in [1.29, 1.82) is 0 Å². The number of rotatable bonds is 9. The first-order chi connectivity index (χ1) is 14.9. The summed E-state index contributed by atoms with van der Waals surface area (Å²) in [6.45, 7) is 13.7. The Morgan fingerprint density at radius 3 is 2.58 bits per heavy atom. The van der Waals surface area contributed by atoms with Gasteiger partial charge < -0.3 is 5.32 Å². The van der Waals surface area contributed by atoms with E-state index in [4.69, 9.17) is 0 Å². The average molecular weight is 444 g/mol. The average Bonchev–Trinajstić information content (AvgIpc) is 2.73. The molecule has 0 radical (unpaired) electrons. The smallest absolute Gasteiger partial charge is 0.271 e. The highest BCUT2D eigenvalue weighted by Crippen LogP contribution is 2.19. The molecule has 7 heteroatoms. The van der Waals surface area contributed by atoms with E-state index in [0.29, 0.717) is 11.9 Å². The second-order valence-electron chi connectivity index (χ2n) is 7.09. The molecule has 1 aliphatic rings. The molecule has 1 saturated carbocycles. The standard InChI is InChI=1S/C15H22N2OS.C9H15N3/c1-6-9-11(4)13(8-3)17-10-16-12(7-2)14(19-5)15(17)18;1-3-10-7-11-8(2)12-9-5-4-6-9/h8-10H,6-7H2,1-5H3;3,7,9,12H,2,4-6H2,1H3/b11-9-,13-8+;10-3?,11-7-. The Kier molecular flexibility index (Phi) is 12.5. The molecule has 1 fully saturated rings. The van der Waals surface area contributed by atoms with Gasteiger partial charge in [0.2, 0.25) is 0 Å². The Morgan fingerprint density at radius 1 is 1.39 bits per heavy atom. The molecule has 1 aromatic rings. The fourth-order valence-corrected chi connectivity index (χ4v) is 3.77. The highest BCUT2D eigenvalue weighted by Gasteiger charge is 2.16. The van der Waals surface area contributed by atoms with Crippen LogP contribution >= 0.6 is 11.8 Å². The number of aliphatic imine (C=N–C) groups is 2. The van der Waals surface area contributed by atoms with E-state index in [1.807, 2.05) is 40.0 Å². The number of nitrogens with one attached hydrogen (secondary N) is 1. The molecule has 0 spiro atoms. The summed E-state index contributed by atoms with van der Waals surface area (Å²) in [5.74, 6) is 0.713. The van der Waals surface area contributed by atoms with E-state index >= 15 is 0 Å². The zero-order valence-electron chi connectivity index (χ0n) is 19.8. The lowest BCUT2D eigenvalue weighted by molar-refractivity contribution is 0.364. The van der Waals surface area contributed by atoms with Crippen LogP contribution in [0, 0.1) is 0 Å². The Balaban J connectivity index is 0.000000343. The molecule has 170 valence electrons. The Bertz CT molecular complexity index is 892. The maximum absolute atomic E-state index is 12.5. The molecule has 0 saturated heterocycles. The molecule has 6 nitrogen and oxygen atoms in total. The maximum atomic E-state index is 12.5. The van der Waals surface area contributed by atoms with E-state index in [9.17, 15) is 4.79 Å². The van der Waals surface area contributed by atoms with Crippen LogP contribution in [0.25, 0.3) is 5.70 Å². The van der Waals surface area contributed by atoms with Crippen molar-refractivity contribution in [1.82, 2.24) is 14.9 Å². The number of hydrogen-bond donors (Lipinski definition) is 1. The molecular formula is C24H37N5OS. The molecule has 1 N–H and O–H groups in total. The Labute approximate surface area is 191 Å². The third-order valence-electron chi connectivity index (χ3n) is 4.90. The highest BCUT2D eigenvalue weighted by molar-refractivity contribution is 7.98. The van der Waals surface area contributed by atoms with Gasteiger partial charge in [0.15, 0.2) is 0 Å². The van der Waals surface area contributed by atoms with Gasteiger partial charge in [-0.25, -0.2) is 15.0 Å². The van der Waals surface area contributed by atoms with Crippen molar-refractivity contribution in [3.63, 3.8) is 0 Å². The van der Waals surface area contributed by atoms with Crippen LogP contribution in [0.15, 0.2) is 56.1 Å². The van der Waals surface area contributed by atoms with E-state index in [-0.39, 0.29) is 5.56 Å². The minimum absolute atomic E-state index is 0.0244. The van der Waals surface area contributed by atoms with E-state index in [0.717, 1.165) is 34.7 Å². The Morgan fingerprint density at radius 2 is 2.10 bits per heavy atom. The summed E-state index contributed by atoms with van der Waals surface area (Å²) in [6.07, 6.45) is 16.4. The molecule has 1 aliphatic carbocycles. The van der Waals surface area contributed by atoms with E-state index in [1.54, 1.807) is 17.1 Å². The van der Waals surface area contributed by atoms with Gasteiger partial charge in [-0.15, -0.1) is 11.8 Å². The van der Waals surface area contributed by atoms with Gasteiger partial charge in [-0.1, -0.05) is 32.6 Å². The molecule has 1 aromatic heterocycles. The lowest BCUT2D eigenvalue weighted by atomic mass is 9.93. The molecule has 0 amide bonds. The van der Waals surface area contributed by atoms with Crippen LogP contribution in [0.5, 0.6) is 0 Å². The van der Waals surface area contributed by atoms with Gasteiger partial charge in [0.05, 0.1) is 10.6 Å². The van der Waals surface area contributed by atoms with Crippen molar-refractivity contribution in [2.75, 3.05) is 6.26 Å². The van der Waals surface area contributed by atoms with Crippen LogP contribution < -0.4 is 10.9 Å². The molecule has 31 heavy (non-hydrogen) atoms. The SMILES string of the molecule is C/C=C(\C(C)=C/CC)n1cnc(CC)c(SC)c1=O.C=C(/N=C\N=CC)NC1CCC1. The Hall–Kier alpha value is -2.41. The summed E-state index contributed by atoms with van der Waals surface area (Å²) in [4.78, 5) is 25.5. The van der Waals surface area contributed by atoms with Gasteiger partial charge in [-0.05, 0) is 64.7 Å². The molecule has 1 heterocycles. The maximum Gasteiger partial charge on any atom is 0.271 e. The number of allylic oxidation sites excluding steroid dienone is 4. The van der Waals surface area contributed by atoms with Crippen molar-refractivity contribution >= 4 is 30.0 Å². The van der Waals surface area contributed by atoms with Crippen molar-refractivity contribution in [2.24, 2.45) is 9.98 Å². The molecule has 0 aliphatic heterocycles. The largest absolute Gasteiger partial charge is 0.368 e. The second kappa shape index (κ2) is 14.6. The molecule has 0 unspecified atom stereocenters. The monoisotopic (exact) mass is 443 g/mol. The van der Waals surface area contributed by atoms with Gasteiger partial charge in [-0.3, -0.25) is 9.36 Å². The molecule has 0 bridgehead atoms. The van der Waals surface area contributed by atoms with Crippen LogP contribution in [0.1, 0.15) is 66.0 Å². The zero-order chi connectivity index (χ0) is 23.2.